The van der Waals surface area contributed by atoms with Crippen molar-refractivity contribution >= 4 is 17.9 Å². The molecule has 0 spiro atoms. The first-order chi connectivity index (χ1) is 30.5. The van der Waals surface area contributed by atoms with Crippen LogP contribution in [0.4, 0.5) is 0 Å². The summed E-state index contributed by atoms with van der Waals surface area (Å²) in [7, 11) is 0. The van der Waals surface area contributed by atoms with Crippen LogP contribution in [0.15, 0.2) is 72.9 Å². The van der Waals surface area contributed by atoms with Crippen LogP contribution >= 0.6 is 0 Å². The molecule has 6 nitrogen and oxygen atoms in total. The van der Waals surface area contributed by atoms with Crippen molar-refractivity contribution in [2.75, 3.05) is 13.2 Å². The van der Waals surface area contributed by atoms with Crippen molar-refractivity contribution in [2.24, 2.45) is 0 Å². The molecule has 0 saturated carbocycles. The fraction of sp³-hybridized carbons (Fsp3) is 0.732. The molecule has 0 bridgehead atoms. The van der Waals surface area contributed by atoms with Crippen molar-refractivity contribution in [3.63, 3.8) is 0 Å². The number of carbonyl (C=O) groups excluding carboxylic acids is 3. The van der Waals surface area contributed by atoms with E-state index in [2.05, 4.69) is 93.7 Å². The van der Waals surface area contributed by atoms with Gasteiger partial charge in [-0.05, 0) is 103 Å². The van der Waals surface area contributed by atoms with E-state index in [0.29, 0.717) is 12.8 Å². The van der Waals surface area contributed by atoms with Crippen LogP contribution in [0.25, 0.3) is 0 Å². The number of esters is 3. The monoisotopic (exact) mass is 865 g/mol. The third-order valence-electron chi connectivity index (χ3n) is 10.9. The van der Waals surface area contributed by atoms with E-state index >= 15 is 0 Å². The van der Waals surface area contributed by atoms with E-state index in [9.17, 15) is 14.4 Å². The molecule has 6 heteroatoms. The van der Waals surface area contributed by atoms with Crippen molar-refractivity contribution in [3.05, 3.63) is 72.9 Å². The number of carbonyl (C=O) groups is 3. The number of hydrogen-bond donors (Lipinski definition) is 0. The smallest absolute Gasteiger partial charge is 0.306 e. The summed E-state index contributed by atoms with van der Waals surface area (Å²) in [6.45, 7) is 6.44. The van der Waals surface area contributed by atoms with Gasteiger partial charge >= 0.3 is 17.9 Å². The molecule has 0 saturated heterocycles. The summed E-state index contributed by atoms with van der Waals surface area (Å²) in [5.74, 6) is -0.949. The van der Waals surface area contributed by atoms with Gasteiger partial charge in [0, 0.05) is 19.3 Å². The average molecular weight is 865 g/mol. The van der Waals surface area contributed by atoms with Crippen LogP contribution in [0.5, 0.6) is 0 Å². The highest BCUT2D eigenvalue weighted by molar-refractivity contribution is 5.71. The molecule has 0 N–H and O–H groups in total. The summed E-state index contributed by atoms with van der Waals surface area (Å²) < 4.78 is 16.7. The number of unbranched alkanes of at least 4 members (excludes halogenated alkanes) is 23. The Morgan fingerprint density at radius 1 is 0.339 bits per heavy atom. The predicted octanol–water partition coefficient (Wildman–Crippen LogP) is 17.0. The molecule has 0 aromatic carbocycles. The minimum Gasteiger partial charge on any atom is -0.462 e. The molecule has 0 amide bonds. The van der Waals surface area contributed by atoms with E-state index < -0.39 is 6.10 Å². The molecular weight excluding hydrogens is 769 g/mol. The van der Waals surface area contributed by atoms with Gasteiger partial charge < -0.3 is 14.2 Å². The summed E-state index contributed by atoms with van der Waals surface area (Å²) in [6.07, 6.45) is 63.2. The lowest BCUT2D eigenvalue weighted by molar-refractivity contribution is -0.167. The van der Waals surface area contributed by atoms with E-state index in [1.54, 1.807) is 0 Å². The fourth-order valence-electron chi connectivity index (χ4n) is 7.00. The molecule has 0 aromatic heterocycles. The van der Waals surface area contributed by atoms with Gasteiger partial charge in [-0.2, -0.15) is 0 Å². The molecule has 0 aliphatic heterocycles. The summed E-state index contributed by atoms with van der Waals surface area (Å²) in [5.41, 5.74) is 0. The zero-order valence-corrected chi connectivity index (χ0v) is 40.6. The highest BCUT2D eigenvalue weighted by Crippen LogP contribution is 2.14. The van der Waals surface area contributed by atoms with Crippen LogP contribution in [0, 0.1) is 0 Å². The summed E-state index contributed by atoms with van der Waals surface area (Å²) in [5, 5.41) is 0. The number of ether oxygens (including phenoxy) is 3. The molecule has 1 atom stereocenters. The standard InChI is InChI=1S/C56H96O6/c1-4-7-10-13-16-19-22-24-26-28-29-31-32-34-37-40-43-46-49-55(58)61-52-53(51-60-54(57)48-45-42-39-36-21-18-15-12-9-6-3)62-56(59)50-47-44-41-38-35-33-30-27-25-23-20-17-14-11-8-5-2/h8,11,15,17-18,20,25,27,29,31,33,35,53H,4-7,9-10,12-14,16,19,21-24,26,28,30,32,34,36-52H2,1-3H3/b11-8-,18-15-,20-17-,27-25-,31-29-,35-33-. The summed E-state index contributed by atoms with van der Waals surface area (Å²) in [6, 6.07) is 0. The minimum absolute atomic E-state index is 0.0964. The van der Waals surface area contributed by atoms with Crippen LogP contribution in [0.2, 0.25) is 0 Å². The highest BCUT2D eigenvalue weighted by Gasteiger charge is 2.19. The average Bonchev–Trinajstić information content (AvgIpc) is 3.27. The Balaban J connectivity index is 4.41. The topological polar surface area (TPSA) is 78.9 Å². The minimum atomic E-state index is -0.798. The second-order valence-corrected chi connectivity index (χ2v) is 17.0. The number of rotatable bonds is 46. The SMILES string of the molecule is CC/C=C\C/C=C\C/C=C\C/C=C\CCCCCC(=O)OC(COC(=O)CCCCCC/C=C\CCCC)COC(=O)CCCCCCC/C=C\CCCCCCCCCCC. The van der Waals surface area contributed by atoms with Crippen LogP contribution in [0.1, 0.15) is 245 Å². The maximum absolute atomic E-state index is 12.8. The normalized spacial score (nSPS) is 12.6. The molecular formula is C56H96O6. The molecule has 0 fully saturated rings. The second kappa shape index (κ2) is 50.5. The summed E-state index contributed by atoms with van der Waals surface area (Å²) in [4.78, 5) is 37.9. The molecule has 62 heavy (non-hydrogen) atoms. The molecule has 1 unspecified atom stereocenters. The van der Waals surface area contributed by atoms with Crippen molar-refractivity contribution in [2.45, 2.75) is 252 Å². The number of hydrogen-bond acceptors (Lipinski definition) is 6. The van der Waals surface area contributed by atoms with Crippen LogP contribution in [-0.2, 0) is 28.6 Å². The maximum atomic E-state index is 12.8. The Morgan fingerprint density at radius 3 is 1.06 bits per heavy atom. The van der Waals surface area contributed by atoms with E-state index in [4.69, 9.17) is 14.2 Å². The summed E-state index contributed by atoms with van der Waals surface area (Å²) >= 11 is 0. The number of allylic oxidation sites excluding steroid dienone is 12. The van der Waals surface area contributed by atoms with Gasteiger partial charge in [0.25, 0.3) is 0 Å². The third-order valence-corrected chi connectivity index (χ3v) is 10.9. The Labute approximate surface area is 382 Å². The van der Waals surface area contributed by atoms with E-state index in [1.165, 1.54) is 89.9 Å². The third kappa shape index (κ3) is 47.9. The van der Waals surface area contributed by atoms with Gasteiger partial charge in [0.2, 0.25) is 0 Å². The van der Waals surface area contributed by atoms with E-state index in [0.717, 1.165) is 116 Å². The van der Waals surface area contributed by atoms with Gasteiger partial charge in [0.05, 0.1) is 0 Å². The molecule has 0 aliphatic rings. The first kappa shape index (κ1) is 58.9. The van der Waals surface area contributed by atoms with Crippen molar-refractivity contribution in [3.8, 4) is 0 Å². The van der Waals surface area contributed by atoms with Gasteiger partial charge in [-0.1, -0.05) is 196 Å². The van der Waals surface area contributed by atoms with E-state index in [-0.39, 0.29) is 37.5 Å². The van der Waals surface area contributed by atoms with Gasteiger partial charge in [0.1, 0.15) is 13.2 Å². The van der Waals surface area contributed by atoms with Gasteiger partial charge in [-0.15, -0.1) is 0 Å². The van der Waals surface area contributed by atoms with Crippen LogP contribution in [-0.4, -0.2) is 37.2 Å². The Hall–Kier alpha value is -3.15. The maximum Gasteiger partial charge on any atom is 0.306 e. The lowest BCUT2D eigenvalue weighted by Crippen LogP contribution is -2.30. The molecule has 0 rings (SSSR count). The second-order valence-electron chi connectivity index (χ2n) is 17.0. The molecule has 356 valence electrons. The highest BCUT2D eigenvalue weighted by atomic mass is 16.6. The molecule has 0 aromatic rings. The Bertz CT molecular complexity index is 1180. The predicted molar refractivity (Wildman–Crippen MR) is 265 cm³/mol. The first-order valence-corrected chi connectivity index (χ1v) is 25.9. The van der Waals surface area contributed by atoms with Gasteiger partial charge in [-0.3, -0.25) is 14.4 Å². The van der Waals surface area contributed by atoms with Crippen molar-refractivity contribution in [1.82, 2.24) is 0 Å². The molecule has 0 heterocycles. The lowest BCUT2D eigenvalue weighted by atomic mass is 10.1. The van der Waals surface area contributed by atoms with Crippen LogP contribution in [0.3, 0.4) is 0 Å². The zero-order valence-electron chi connectivity index (χ0n) is 40.6. The quantitative estimate of drug-likeness (QED) is 0.0262. The first-order valence-electron chi connectivity index (χ1n) is 25.9. The largest absolute Gasteiger partial charge is 0.462 e. The van der Waals surface area contributed by atoms with Gasteiger partial charge in [-0.25, -0.2) is 0 Å². The zero-order chi connectivity index (χ0) is 45.1. The Morgan fingerprint density at radius 2 is 0.645 bits per heavy atom. The van der Waals surface area contributed by atoms with Crippen molar-refractivity contribution in [1.29, 1.82) is 0 Å². The van der Waals surface area contributed by atoms with E-state index in [1.807, 2.05) is 0 Å². The van der Waals surface area contributed by atoms with Crippen molar-refractivity contribution < 1.29 is 28.6 Å². The van der Waals surface area contributed by atoms with Gasteiger partial charge in [0.15, 0.2) is 6.10 Å². The Kier molecular flexibility index (Phi) is 47.9. The molecule has 0 radical (unpaired) electrons. The van der Waals surface area contributed by atoms with Crippen LogP contribution < -0.4 is 0 Å². The molecule has 0 aliphatic carbocycles. The fourth-order valence-corrected chi connectivity index (χ4v) is 7.00. The lowest BCUT2D eigenvalue weighted by Gasteiger charge is -2.18.